The van der Waals surface area contributed by atoms with Crippen LogP contribution in [-0.4, -0.2) is 27.8 Å². The summed E-state index contributed by atoms with van der Waals surface area (Å²) in [7, 11) is 0. The third-order valence-electron chi connectivity index (χ3n) is 4.84. The normalized spacial score (nSPS) is 24.6. The molecular weight excluding hydrogens is 386 g/mol. The molecule has 3 heterocycles. The zero-order valence-electron chi connectivity index (χ0n) is 13.1. The molecule has 4 rings (SSSR count). The molecule has 0 spiro atoms. The lowest BCUT2D eigenvalue weighted by Gasteiger charge is -2.32. The van der Waals surface area contributed by atoms with E-state index in [-0.39, 0.29) is 29.5 Å². The zero-order valence-corrected chi connectivity index (χ0v) is 14.7. The lowest BCUT2D eigenvalue weighted by Crippen LogP contribution is -2.43. The van der Waals surface area contributed by atoms with Crippen LogP contribution in [0.4, 0.5) is 11.5 Å². The lowest BCUT2D eigenvalue weighted by atomic mass is 9.91. The first-order valence-electron chi connectivity index (χ1n) is 7.91. The fourth-order valence-corrected chi connectivity index (χ4v) is 3.94. The van der Waals surface area contributed by atoms with Crippen molar-refractivity contribution in [3.63, 3.8) is 0 Å². The van der Waals surface area contributed by atoms with Crippen molar-refractivity contribution in [2.24, 2.45) is 0 Å². The topological polar surface area (TPSA) is 76.3 Å². The number of ketones is 1. The van der Waals surface area contributed by atoms with E-state index in [0.29, 0.717) is 12.2 Å². The summed E-state index contributed by atoms with van der Waals surface area (Å²) in [5, 5.41) is 10.8. The summed E-state index contributed by atoms with van der Waals surface area (Å²) >= 11 is 3.44. The van der Waals surface area contributed by atoms with Gasteiger partial charge in [0.2, 0.25) is 0 Å². The number of aromatic nitrogens is 1. The average Bonchev–Trinajstić information content (AvgIpc) is 2.91. The van der Waals surface area contributed by atoms with Crippen LogP contribution in [0, 0.1) is 10.1 Å². The van der Waals surface area contributed by atoms with Crippen molar-refractivity contribution in [1.82, 2.24) is 4.98 Å². The van der Waals surface area contributed by atoms with Crippen molar-refractivity contribution in [3.8, 4) is 0 Å². The second-order valence-electron chi connectivity index (χ2n) is 6.20. The molecule has 0 amide bonds. The maximum absolute atomic E-state index is 12.4. The van der Waals surface area contributed by atoms with Gasteiger partial charge in [0.15, 0.2) is 5.78 Å². The average molecular weight is 400 g/mol. The van der Waals surface area contributed by atoms with E-state index in [1.54, 1.807) is 12.1 Å². The van der Waals surface area contributed by atoms with Crippen LogP contribution >= 0.6 is 15.9 Å². The van der Waals surface area contributed by atoms with Crippen molar-refractivity contribution >= 4 is 33.2 Å². The molecular formula is C18H14BrN3O3. The maximum Gasteiger partial charge on any atom is 0.287 e. The number of halogens is 1. The van der Waals surface area contributed by atoms with Gasteiger partial charge in [0, 0.05) is 16.5 Å². The Balaban J connectivity index is 1.70. The minimum Gasteiger partial charge on any atom is -0.339 e. The molecule has 6 nitrogen and oxygen atoms in total. The van der Waals surface area contributed by atoms with E-state index in [0.717, 1.165) is 4.47 Å². The monoisotopic (exact) mass is 399 g/mol. The predicted octanol–water partition coefficient (Wildman–Crippen LogP) is 3.62. The van der Waals surface area contributed by atoms with Crippen LogP contribution < -0.4 is 4.90 Å². The summed E-state index contributed by atoms with van der Waals surface area (Å²) in [5.41, 5.74) is 1.11. The number of nitro groups is 1. The molecule has 3 unspecified atom stereocenters. The van der Waals surface area contributed by atoms with Gasteiger partial charge in [-0.05, 0) is 36.3 Å². The molecule has 0 aliphatic carbocycles. The number of pyridine rings is 1. The van der Waals surface area contributed by atoms with Gasteiger partial charge < -0.3 is 4.90 Å². The van der Waals surface area contributed by atoms with Crippen molar-refractivity contribution in [2.75, 3.05) is 4.90 Å². The van der Waals surface area contributed by atoms with Crippen LogP contribution in [0.5, 0.6) is 0 Å². The highest BCUT2D eigenvalue weighted by Crippen LogP contribution is 2.43. The molecule has 0 saturated carbocycles. The standard InChI is InChI=1S/C18H14BrN3O3/c19-12-3-1-11(2-4-12)14-9-16-17(23)7-6-15(14)21(16)18-8-5-13(10-20-18)22(24)25/h1-8,10,14-16H,9H2. The Morgan fingerprint density at radius 1 is 1.20 bits per heavy atom. The molecule has 126 valence electrons. The highest BCUT2D eigenvalue weighted by atomic mass is 79.9. The maximum atomic E-state index is 12.4. The molecule has 7 heteroatoms. The van der Waals surface area contributed by atoms with Crippen molar-refractivity contribution < 1.29 is 9.72 Å². The summed E-state index contributed by atoms with van der Waals surface area (Å²) in [4.78, 5) is 28.9. The van der Waals surface area contributed by atoms with Crippen molar-refractivity contribution in [3.05, 3.63) is 74.9 Å². The minimum absolute atomic E-state index is 0.0119. The number of anilines is 1. The van der Waals surface area contributed by atoms with Crippen LogP contribution in [0.2, 0.25) is 0 Å². The first-order chi connectivity index (χ1) is 12.0. The van der Waals surface area contributed by atoms with Gasteiger partial charge in [-0.2, -0.15) is 0 Å². The predicted molar refractivity (Wildman–Crippen MR) is 96.6 cm³/mol. The molecule has 2 aliphatic rings. The highest BCUT2D eigenvalue weighted by molar-refractivity contribution is 9.10. The van der Waals surface area contributed by atoms with E-state index >= 15 is 0 Å². The Morgan fingerprint density at radius 2 is 1.96 bits per heavy atom. The van der Waals surface area contributed by atoms with E-state index in [2.05, 4.69) is 33.0 Å². The van der Waals surface area contributed by atoms with Gasteiger partial charge in [0.05, 0.1) is 17.0 Å². The summed E-state index contributed by atoms with van der Waals surface area (Å²) in [6.07, 6.45) is 5.51. The Kier molecular flexibility index (Phi) is 3.88. The molecule has 25 heavy (non-hydrogen) atoms. The number of benzene rings is 1. The second kappa shape index (κ2) is 6.07. The van der Waals surface area contributed by atoms with Gasteiger partial charge in [-0.3, -0.25) is 14.9 Å². The first kappa shape index (κ1) is 16.0. The number of fused-ring (bicyclic) bond motifs is 2. The SMILES string of the molecule is O=C1C=CC2C(c3ccc(Br)cc3)CC1N2c1ccc([N+](=O)[O-])cn1. The molecule has 3 atom stereocenters. The quantitative estimate of drug-likeness (QED) is 0.581. The molecule has 1 aromatic carbocycles. The van der Waals surface area contributed by atoms with Gasteiger partial charge in [-0.1, -0.05) is 34.1 Å². The Morgan fingerprint density at radius 3 is 2.60 bits per heavy atom. The van der Waals surface area contributed by atoms with E-state index < -0.39 is 4.92 Å². The van der Waals surface area contributed by atoms with Crippen LogP contribution in [0.25, 0.3) is 0 Å². The van der Waals surface area contributed by atoms with Gasteiger partial charge in [0.1, 0.15) is 12.0 Å². The largest absolute Gasteiger partial charge is 0.339 e. The number of nitrogens with zero attached hydrogens (tertiary/aromatic N) is 3. The Bertz CT molecular complexity index is 864. The molecule has 0 N–H and O–H groups in total. The number of carbonyl (C=O) groups excluding carboxylic acids is 1. The van der Waals surface area contributed by atoms with E-state index in [9.17, 15) is 14.9 Å². The zero-order chi connectivity index (χ0) is 17.6. The van der Waals surface area contributed by atoms with Crippen LogP contribution in [0.15, 0.2) is 59.2 Å². The van der Waals surface area contributed by atoms with Gasteiger partial charge in [-0.15, -0.1) is 0 Å². The van der Waals surface area contributed by atoms with E-state index in [1.807, 2.05) is 23.1 Å². The van der Waals surface area contributed by atoms with E-state index in [4.69, 9.17) is 0 Å². The van der Waals surface area contributed by atoms with Crippen LogP contribution in [0.1, 0.15) is 17.9 Å². The Labute approximate surface area is 152 Å². The molecule has 1 saturated heterocycles. The van der Waals surface area contributed by atoms with Crippen molar-refractivity contribution in [1.29, 1.82) is 0 Å². The third-order valence-corrected chi connectivity index (χ3v) is 5.37. The van der Waals surface area contributed by atoms with Crippen LogP contribution in [-0.2, 0) is 4.79 Å². The first-order valence-corrected chi connectivity index (χ1v) is 8.70. The number of rotatable bonds is 3. The van der Waals surface area contributed by atoms with Gasteiger partial charge >= 0.3 is 0 Å². The number of hydrogen-bond acceptors (Lipinski definition) is 5. The molecule has 2 aromatic rings. The molecule has 2 bridgehead atoms. The summed E-state index contributed by atoms with van der Waals surface area (Å²) in [5.74, 6) is 0.826. The van der Waals surface area contributed by atoms with Gasteiger partial charge in [0.25, 0.3) is 5.69 Å². The second-order valence-corrected chi connectivity index (χ2v) is 7.12. The lowest BCUT2D eigenvalue weighted by molar-refractivity contribution is -0.385. The van der Waals surface area contributed by atoms with Crippen LogP contribution in [0.3, 0.4) is 0 Å². The molecule has 1 aromatic heterocycles. The number of carbonyl (C=O) groups is 1. The number of hydrogen-bond donors (Lipinski definition) is 0. The molecule has 1 fully saturated rings. The molecule has 0 radical (unpaired) electrons. The Hall–Kier alpha value is -2.54. The van der Waals surface area contributed by atoms with Crippen molar-refractivity contribution in [2.45, 2.75) is 24.4 Å². The smallest absolute Gasteiger partial charge is 0.287 e. The molecule has 2 aliphatic heterocycles. The van der Waals surface area contributed by atoms with Gasteiger partial charge in [-0.25, -0.2) is 4.98 Å². The minimum atomic E-state index is -0.475. The summed E-state index contributed by atoms with van der Waals surface area (Å²) in [6.45, 7) is 0. The summed E-state index contributed by atoms with van der Waals surface area (Å²) < 4.78 is 1.01. The third kappa shape index (κ3) is 2.74. The van der Waals surface area contributed by atoms with E-state index in [1.165, 1.54) is 17.8 Å². The fraction of sp³-hybridized carbons (Fsp3) is 0.222. The summed E-state index contributed by atoms with van der Waals surface area (Å²) in [6, 6.07) is 10.9. The highest BCUT2D eigenvalue weighted by Gasteiger charge is 2.46. The fourth-order valence-electron chi connectivity index (χ4n) is 3.67.